The number of primary amides is 1. The fourth-order valence-corrected chi connectivity index (χ4v) is 4.24. The minimum Gasteiger partial charge on any atom is -0.382 e. The zero-order valence-corrected chi connectivity index (χ0v) is 19.8. The van der Waals surface area contributed by atoms with Gasteiger partial charge < -0.3 is 21.4 Å². The number of unbranched alkanes of at least 4 members (excludes halogenated alkanes) is 2. The fourth-order valence-electron chi connectivity index (χ4n) is 4.24. The quantitative estimate of drug-likeness (QED) is 0.341. The number of rotatable bonds is 13. The van der Waals surface area contributed by atoms with E-state index in [2.05, 4.69) is 27.9 Å². The number of nitrogens with zero attached hydrogens (tertiary/aromatic N) is 3. The first-order chi connectivity index (χ1) is 16.0. The lowest BCUT2D eigenvalue weighted by atomic mass is 9.99. The number of imidazole rings is 1. The highest BCUT2D eigenvalue weighted by atomic mass is 16.2. The molecule has 3 aromatic rings. The summed E-state index contributed by atoms with van der Waals surface area (Å²) in [6.07, 6.45) is 6.30. The van der Waals surface area contributed by atoms with Crippen molar-refractivity contribution in [3.8, 4) is 0 Å². The second kappa shape index (κ2) is 11.6. The topological polar surface area (TPSA) is 129 Å². The summed E-state index contributed by atoms with van der Waals surface area (Å²) < 4.78 is 2.28. The molecule has 0 fully saturated rings. The summed E-state index contributed by atoms with van der Waals surface area (Å²) in [4.78, 5) is 32.8. The van der Waals surface area contributed by atoms with Crippen LogP contribution in [0.4, 0.5) is 5.82 Å². The van der Waals surface area contributed by atoms with E-state index in [0.29, 0.717) is 31.6 Å². The molecule has 33 heavy (non-hydrogen) atoms. The van der Waals surface area contributed by atoms with Crippen LogP contribution in [0.3, 0.4) is 0 Å². The molecule has 1 unspecified atom stereocenters. The Bertz CT molecular complexity index is 1110. The zero-order valence-electron chi connectivity index (χ0n) is 19.8. The number of pyridine rings is 1. The Morgan fingerprint density at radius 3 is 2.64 bits per heavy atom. The van der Waals surface area contributed by atoms with E-state index in [1.54, 1.807) is 0 Å². The maximum Gasteiger partial charge on any atom is 0.220 e. The normalized spacial score (nSPS) is 12.3. The predicted molar refractivity (Wildman–Crippen MR) is 133 cm³/mol. The van der Waals surface area contributed by atoms with Crippen molar-refractivity contribution in [2.45, 2.75) is 71.8 Å². The second-order valence-electron chi connectivity index (χ2n) is 8.60. The molecule has 1 atom stereocenters. The molecule has 0 radical (unpaired) electrons. The Labute approximate surface area is 195 Å². The van der Waals surface area contributed by atoms with Crippen LogP contribution in [0.5, 0.6) is 0 Å². The van der Waals surface area contributed by atoms with E-state index in [4.69, 9.17) is 16.5 Å². The molecule has 178 valence electrons. The van der Waals surface area contributed by atoms with Gasteiger partial charge in [0.2, 0.25) is 11.8 Å². The number of anilines is 1. The number of hydrogen-bond donors (Lipinski definition) is 3. The number of aromatic nitrogens is 3. The van der Waals surface area contributed by atoms with E-state index < -0.39 is 0 Å². The van der Waals surface area contributed by atoms with Gasteiger partial charge in [-0.1, -0.05) is 38.5 Å². The summed E-state index contributed by atoms with van der Waals surface area (Å²) in [5.41, 5.74) is 14.3. The third kappa shape index (κ3) is 6.00. The maximum absolute atomic E-state index is 12.1. The van der Waals surface area contributed by atoms with Gasteiger partial charge in [-0.05, 0) is 38.2 Å². The number of nitrogen functional groups attached to an aromatic ring is 1. The molecule has 3 rings (SSSR count). The van der Waals surface area contributed by atoms with Crippen molar-refractivity contribution in [3.63, 3.8) is 0 Å². The summed E-state index contributed by atoms with van der Waals surface area (Å²) in [6, 6.07) is 8.03. The third-order valence-electron chi connectivity index (χ3n) is 6.19. The molecular weight excluding hydrogens is 416 g/mol. The van der Waals surface area contributed by atoms with Crippen LogP contribution < -0.4 is 16.8 Å². The van der Waals surface area contributed by atoms with Gasteiger partial charge in [0, 0.05) is 37.2 Å². The number of para-hydroxylation sites is 1. The van der Waals surface area contributed by atoms with Crippen LogP contribution in [0, 0.1) is 5.92 Å². The van der Waals surface area contributed by atoms with Gasteiger partial charge >= 0.3 is 0 Å². The lowest BCUT2D eigenvalue weighted by Crippen LogP contribution is -2.28. The van der Waals surface area contributed by atoms with Crippen LogP contribution in [-0.4, -0.2) is 32.9 Å². The minimum absolute atomic E-state index is 0.0312. The first kappa shape index (κ1) is 24.5. The second-order valence-corrected chi connectivity index (χ2v) is 8.60. The van der Waals surface area contributed by atoms with E-state index in [0.717, 1.165) is 66.4 Å². The zero-order chi connectivity index (χ0) is 23.8. The molecule has 8 heteroatoms. The van der Waals surface area contributed by atoms with Crippen LogP contribution in [0.15, 0.2) is 24.3 Å². The molecule has 0 aliphatic heterocycles. The van der Waals surface area contributed by atoms with Crippen molar-refractivity contribution >= 4 is 39.6 Å². The van der Waals surface area contributed by atoms with Gasteiger partial charge in [0.15, 0.2) is 5.82 Å². The molecule has 5 N–H and O–H groups in total. The number of carbonyl (C=O) groups is 2. The lowest BCUT2D eigenvalue weighted by molar-refractivity contribution is -0.123. The summed E-state index contributed by atoms with van der Waals surface area (Å²) in [5.74, 6) is 0.909. The SMILES string of the molecule is CCCCc1nc2c(N)nc3ccccc3c2n1CCCCNC(=O)CCC(CC)C(N)=O. The molecule has 0 saturated carbocycles. The van der Waals surface area contributed by atoms with Crippen LogP contribution in [0.2, 0.25) is 0 Å². The average Bonchev–Trinajstić information content (AvgIpc) is 3.17. The smallest absolute Gasteiger partial charge is 0.220 e. The van der Waals surface area contributed by atoms with Crippen molar-refractivity contribution in [1.29, 1.82) is 0 Å². The van der Waals surface area contributed by atoms with Gasteiger partial charge in [-0.2, -0.15) is 0 Å². The molecule has 0 saturated heterocycles. The molecule has 2 aromatic heterocycles. The Kier molecular flexibility index (Phi) is 8.63. The Balaban J connectivity index is 1.65. The predicted octanol–water partition coefficient (Wildman–Crippen LogP) is 3.70. The van der Waals surface area contributed by atoms with E-state index in [1.807, 2.05) is 25.1 Å². The van der Waals surface area contributed by atoms with Crippen molar-refractivity contribution < 1.29 is 9.59 Å². The van der Waals surface area contributed by atoms with E-state index in [9.17, 15) is 9.59 Å². The summed E-state index contributed by atoms with van der Waals surface area (Å²) in [5, 5.41) is 4.02. The highest BCUT2D eigenvalue weighted by Crippen LogP contribution is 2.29. The molecule has 0 bridgehead atoms. The number of benzene rings is 1. The van der Waals surface area contributed by atoms with Crippen molar-refractivity contribution in [2.24, 2.45) is 11.7 Å². The molecule has 0 aliphatic carbocycles. The van der Waals surface area contributed by atoms with Gasteiger partial charge in [0.25, 0.3) is 0 Å². The first-order valence-corrected chi connectivity index (χ1v) is 12.1. The van der Waals surface area contributed by atoms with Crippen molar-refractivity contribution in [3.05, 3.63) is 30.1 Å². The number of carbonyl (C=O) groups excluding carboxylic acids is 2. The van der Waals surface area contributed by atoms with Crippen molar-refractivity contribution in [2.75, 3.05) is 12.3 Å². The molecule has 1 aromatic carbocycles. The maximum atomic E-state index is 12.1. The van der Waals surface area contributed by atoms with Gasteiger partial charge in [-0.15, -0.1) is 0 Å². The van der Waals surface area contributed by atoms with Gasteiger partial charge in [0.05, 0.1) is 11.0 Å². The number of nitrogens with two attached hydrogens (primary N) is 2. The van der Waals surface area contributed by atoms with Gasteiger partial charge in [-0.25, -0.2) is 9.97 Å². The summed E-state index contributed by atoms with van der Waals surface area (Å²) in [6.45, 7) is 5.49. The van der Waals surface area contributed by atoms with Gasteiger partial charge in [-0.3, -0.25) is 9.59 Å². The third-order valence-corrected chi connectivity index (χ3v) is 6.19. The summed E-state index contributed by atoms with van der Waals surface area (Å²) >= 11 is 0. The number of fused-ring (bicyclic) bond motifs is 3. The Hall–Kier alpha value is -3.16. The van der Waals surface area contributed by atoms with Crippen LogP contribution >= 0.6 is 0 Å². The molecule has 8 nitrogen and oxygen atoms in total. The number of aryl methyl sites for hydroxylation is 2. The minimum atomic E-state index is -0.333. The van der Waals surface area contributed by atoms with E-state index in [-0.39, 0.29) is 17.7 Å². The summed E-state index contributed by atoms with van der Waals surface area (Å²) in [7, 11) is 0. The van der Waals surface area contributed by atoms with E-state index in [1.165, 1.54) is 0 Å². The standard InChI is InChI=1S/C25H36N6O2/c1-3-5-12-20-30-22-23(18-10-6-7-11-19(18)29-24(22)26)31(20)16-9-8-15-28-21(32)14-13-17(4-2)25(27)33/h6-7,10-11,17H,3-5,8-9,12-16H2,1-2H3,(H2,26,29)(H2,27,33)(H,28,32). The van der Waals surface area contributed by atoms with Crippen LogP contribution in [0.25, 0.3) is 21.9 Å². The first-order valence-electron chi connectivity index (χ1n) is 12.1. The number of hydrogen-bond acceptors (Lipinski definition) is 5. The van der Waals surface area contributed by atoms with E-state index >= 15 is 0 Å². The van der Waals surface area contributed by atoms with Crippen molar-refractivity contribution in [1.82, 2.24) is 19.9 Å². The highest BCUT2D eigenvalue weighted by molar-refractivity contribution is 6.06. The molecular formula is C25H36N6O2. The number of amides is 2. The highest BCUT2D eigenvalue weighted by Gasteiger charge is 2.17. The molecule has 2 amide bonds. The van der Waals surface area contributed by atoms with Gasteiger partial charge in [0.1, 0.15) is 11.3 Å². The Morgan fingerprint density at radius 2 is 1.91 bits per heavy atom. The number of nitrogens with one attached hydrogen (secondary N) is 1. The lowest BCUT2D eigenvalue weighted by Gasteiger charge is -2.12. The Morgan fingerprint density at radius 1 is 1.12 bits per heavy atom. The average molecular weight is 453 g/mol. The van der Waals surface area contributed by atoms with Crippen LogP contribution in [-0.2, 0) is 22.6 Å². The fraction of sp³-hybridized carbons (Fsp3) is 0.520. The monoisotopic (exact) mass is 452 g/mol. The van der Waals surface area contributed by atoms with Crippen LogP contribution in [0.1, 0.15) is 64.6 Å². The molecule has 0 spiro atoms. The molecule has 0 aliphatic rings. The molecule has 2 heterocycles. The largest absolute Gasteiger partial charge is 0.382 e.